The molecule has 0 atom stereocenters. The molecule has 1 amide bonds. The molecule has 1 aliphatic rings. The number of hydrogen-bond acceptors (Lipinski definition) is 2. The van der Waals surface area contributed by atoms with E-state index < -0.39 is 0 Å². The molecule has 0 radical (unpaired) electrons. The zero-order valence-corrected chi connectivity index (χ0v) is 7.66. The number of nitrogens with zero attached hydrogens (tertiary/aromatic N) is 1. The lowest BCUT2D eigenvalue weighted by atomic mass is 10.1. The minimum atomic E-state index is -0.0592. The van der Waals surface area contributed by atoms with Crippen LogP contribution in [0.2, 0.25) is 0 Å². The van der Waals surface area contributed by atoms with E-state index in [0.29, 0.717) is 24.3 Å². The second kappa shape index (κ2) is 3.08. The Morgan fingerprint density at radius 1 is 1.57 bits per heavy atom. The highest BCUT2D eigenvalue weighted by atomic mass is 16.2. The van der Waals surface area contributed by atoms with Gasteiger partial charge in [-0.05, 0) is 11.6 Å². The molecule has 0 fully saturated rings. The summed E-state index contributed by atoms with van der Waals surface area (Å²) < 4.78 is 0. The topological polar surface area (TPSA) is 46.3 Å². The molecule has 1 aliphatic heterocycles. The molecule has 2 rings (SSSR count). The van der Waals surface area contributed by atoms with E-state index in [1.807, 2.05) is 12.1 Å². The first-order valence-corrected chi connectivity index (χ1v) is 4.34. The van der Waals surface area contributed by atoms with Gasteiger partial charge in [0.25, 0.3) is 5.91 Å². The highest BCUT2D eigenvalue weighted by Crippen LogP contribution is 2.26. The van der Waals surface area contributed by atoms with Crippen molar-refractivity contribution in [2.24, 2.45) is 0 Å². The van der Waals surface area contributed by atoms with Crippen LogP contribution in [-0.2, 0) is 6.54 Å². The maximum atomic E-state index is 11.8. The van der Waals surface area contributed by atoms with Gasteiger partial charge in [0.2, 0.25) is 0 Å². The SMILES string of the molecule is C#CCN1Cc2cccc(N)c2C1=O. The summed E-state index contributed by atoms with van der Waals surface area (Å²) in [6.07, 6.45) is 5.17. The van der Waals surface area contributed by atoms with Crippen molar-refractivity contribution < 1.29 is 4.79 Å². The Morgan fingerprint density at radius 3 is 3.00 bits per heavy atom. The quantitative estimate of drug-likeness (QED) is 0.522. The maximum Gasteiger partial charge on any atom is 0.257 e. The number of terminal acetylenes is 1. The molecule has 1 aromatic rings. The molecule has 0 saturated carbocycles. The van der Waals surface area contributed by atoms with Gasteiger partial charge in [-0.25, -0.2) is 0 Å². The standard InChI is InChI=1S/C11H10N2O/c1-2-6-13-7-8-4-3-5-9(12)10(8)11(13)14/h1,3-5H,6-7,12H2. The van der Waals surface area contributed by atoms with E-state index in [2.05, 4.69) is 5.92 Å². The lowest BCUT2D eigenvalue weighted by molar-refractivity contribution is 0.0800. The zero-order chi connectivity index (χ0) is 10.1. The predicted octanol–water partition coefficient (Wildman–Crippen LogP) is 0.858. The Kier molecular flexibility index (Phi) is 1.90. The van der Waals surface area contributed by atoms with Crippen molar-refractivity contribution in [3.8, 4) is 12.3 Å². The molecule has 70 valence electrons. The van der Waals surface area contributed by atoms with Gasteiger partial charge >= 0.3 is 0 Å². The number of amides is 1. The lowest BCUT2D eigenvalue weighted by Crippen LogP contribution is -2.24. The van der Waals surface area contributed by atoms with Gasteiger partial charge in [-0.15, -0.1) is 6.42 Å². The lowest BCUT2D eigenvalue weighted by Gasteiger charge is -2.10. The number of carbonyl (C=O) groups excluding carboxylic acids is 1. The van der Waals surface area contributed by atoms with Crippen LogP contribution >= 0.6 is 0 Å². The van der Waals surface area contributed by atoms with Crippen LogP contribution in [0, 0.1) is 12.3 Å². The van der Waals surface area contributed by atoms with E-state index in [-0.39, 0.29) is 5.91 Å². The summed E-state index contributed by atoms with van der Waals surface area (Å²) >= 11 is 0. The number of anilines is 1. The molecule has 0 bridgehead atoms. The minimum Gasteiger partial charge on any atom is -0.398 e. The van der Waals surface area contributed by atoms with E-state index >= 15 is 0 Å². The van der Waals surface area contributed by atoms with Crippen molar-refractivity contribution >= 4 is 11.6 Å². The van der Waals surface area contributed by atoms with Crippen LogP contribution in [0.5, 0.6) is 0 Å². The van der Waals surface area contributed by atoms with Gasteiger partial charge in [-0.2, -0.15) is 0 Å². The van der Waals surface area contributed by atoms with Crippen molar-refractivity contribution in [2.45, 2.75) is 6.54 Å². The molecule has 1 heterocycles. The number of hydrogen-bond donors (Lipinski definition) is 1. The molecule has 1 aromatic carbocycles. The van der Waals surface area contributed by atoms with Crippen molar-refractivity contribution in [3.05, 3.63) is 29.3 Å². The fourth-order valence-corrected chi connectivity index (χ4v) is 1.69. The van der Waals surface area contributed by atoms with Gasteiger partial charge in [-0.1, -0.05) is 18.1 Å². The summed E-state index contributed by atoms with van der Waals surface area (Å²) in [6.45, 7) is 0.913. The first-order chi connectivity index (χ1) is 6.74. The van der Waals surface area contributed by atoms with E-state index in [4.69, 9.17) is 12.2 Å². The van der Waals surface area contributed by atoms with Gasteiger partial charge < -0.3 is 10.6 Å². The Bertz CT molecular complexity index is 431. The van der Waals surface area contributed by atoms with Gasteiger partial charge in [-0.3, -0.25) is 4.79 Å². The van der Waals surface area contributed by atoms with Crippen molar-refractivity contribution in [2.75, 3.05) is 12.3 Å². The Balaban J connectivity index is 2.42. The zero-order valence-electron chi connectivity index (χ0n) is 7.66. The van der Waals surface area contributed by atoms with E-state index in [1.165, 1.54) is 0 Å². The van der Waals surface area contributed by atoms with Crippen LogP contribution in [0.1, 0.15) is 15.9 Å². The van der Waals surface area contributed by atoms with E-state index in [0.717, 1.165) is 5.56 Å². The molecule has 0 aliphatic carbocycles. The summed E-state index contributed by atoms with van der Waals surface area (Å²) in [6, 6.07) is 5.48. The van der Waals surface area contributed by atoms with Crippen molar-refractivity contribution in [3.63, 3.8) is 0 Å². The fourth-order valence-electron chi connectivity index (χ4n) is 1.69. The largest absolute Gasteiger partial charge is 0.398 e. The molecule has 0 saturated heterocycles. The normalized spacial score (nSPS) is 13.9. The summed E-state index contributed by atoms with van der Waals surface area (Å²) in [5.74, 6) is 2.40. The third kappa shape index (κ3) is 1.12. The molecular formula is C11H10N2O. The summed E-state index contributed by atoms with van der Waals surface area (Å²) in [5, 5.41) is 0. The van der Waals surface area contributed by atoms with Crippen LogP contribution in [0.15, 0.2) is 18.2 Å². The van der Waals surface area contributed by atoms with Gasteiger partial charge in [0.1, 0.15) is 0 Å². The van der Waals surface area contributed by atoms with Crippen molar-refractivity contribution in [1.82, 2.24) is 4.90 Å². The van der Waals surface area contributed by atoms with Crippen LogP contribution < -0.4 is 5.73 Å². The minimum absolute atomic E-state index is 0.0592. The molecule has 0 aromatic heterocycles. The Labute approximate surface area is 82.5 Å². The number of benzene rings is 1. The third-order valence-corrected chi connectivity index (χ3v) is 2.33. The molecule has 3 nitrogen and oxygen atoms in total. The average Bonchev–Trinajstić information content (AvgIpc) is 2.46. The third-order valence-electron chi connectivity index (χ3n) is 2.33. The first-order valence-electron chi connectivity index (χ1n) is 4.34. The Morgan fingerprint density at radius 2 is 2.36 bits per heavy atom. The van der Waals surface area contributed by atoms with Crippen LogP contribution in [-0.4, -0.2) is 17.4 Å². The van der Waals surface area contributed by atoms with E-state index in [9.17, 15) is 4.79 Å². The number of carbonyl (C=O) groups is 1. The van der Waals surface area contributed by atoms with Gasteiger partial charge in [0, 0.05) is 12.2 Å². The maximum absolute atomic E-state index is 11.8. The number of nitrogen functional groups attached to an aromatic ring is 1. The van der Waals surface area contributed by atoms with Crippen LogP contribution in [0.3, 0.4) is 0 Å². The number of nitrogens with two attached hydrogens (primary N) is 1. The Hall–Kier alpha value is -1.95. The molecule has 2 N–H and O–H groups in total. The second-order valence-electron chi connectivity index (χ2n) is 3.25. The van der Waals surface area contributed by atoms with Crippen LogP contribution in [0.25, 0.3) is 0 Å². The van der Waals surface area contributed by atoms with Gasteiger partial charge in [0.05, 0.1) is 12.1 Å². The van der Waals surface area contributed by atoms with Gasteiger partial charge in [0.15, 0.2) is 0 Å². The summed E-state index contributed by atoms with van der Waals surface area (Å²) in [5.41, 5.74) is 7.83. The molecule has 3 heteroatoms. The van der Waals surface area contributed by atoms with E-state index in [1.54, 1.807) is 11.0 Å². The second-order valence-corrected chi connectivity index (χ2v) is 3.25. The molecule has 0 unspecified atom stereocenters. The fraction of sp³-hybridized carbons (Fsp3) is 0.182. The van der Waals surface area contributed by atoms with Crippen LogP contribution in [0.4, 0.5) is 5.69 Å². The monoisotopic (exact) mass is 186 g/mol. The predicted molar refractivity (Wildman–Crippen MR) is 54.4 cm³/mol. The molecular weight excluding hydrogens is 176 g/mol. The smallest absolute Gasteiger partial charge is 0.257 e. The molecule has 14 heavy (non-hydrogen) atoms. The summed E-state index contributed by atoms with van der Waals surface area (Å²) in [7, 11) is 0. The highest BCUT2D eigenvalue weighted by molar-refractivity contribution is 6.03. The number of fused-ring (bicyclic) bond motifs is 1. The average molecular weight is 186 g/mol. The first kappa shape index (κ1) is 8.64. The number of rotatable bonds is 1. The molecule has 0 spiro atoms. The highest BCUT2D eigenvalue weighted by Gasteiger charge is 2.28. The summed E-state index contributed by atoms with van der Waals surface area (Å²) in [4.78, 5) is 13.4. The van der Waals surface area contributed by atoms with Crippen molar-refractivity contribution in [1.29, 1.82) is 0 Å².